The predicted octanol–water partition coefficient (Wildman–Crippen LogP) is 2.99. The maximum atomic E-state index is 14.8. The summed E-state index contributed by atoms with van der Waals surface area (Å²) in [7, 11) is 8.52. The highest BCUT2D eigenvalue weighted by molar-refractivity contribution is 5.99. The number of carbonyl (C=O) groups excluding carboxylic acids is 2. The SMILES string of the molecule is CCN1C[C@]2(COC)CC[C@H](OC)[C@]34C1[C@@H]([C@H](OC)C23)[C@@]1(OC(C)=O)C[C@H](OC)[C@]2(O)C[C@@H]4C1[C@H]2C(=O)c1ccc(OC)cc1. The lowest BCUT2D eigenvalue weighted by molar-refractivity contribution is -0.277. The van der Waals surface area contributed by atoms with Crippen molar-refractivity contribution in [2.45, 2.75) is 75.1 Å². The molecule has 248 valence electrons. The molecule has 13 atom stereocenters. The zero-order valence-corrected chi connectivity index (χ0v) is 27.6. The molecule has 1 aromatic carbocycles. The molecule has 1 saturated heterocycles. The minimum Gasteiger partial charge on any atom is -0.497 e. The van der Waals surface area contributed by atoms with Crippen LogP contribution >= 0.6 is 0 Å². The van der Waals surface area contributed by atoms with E-state index in [2.05, 4.69) is 11.8 Å². The minimum atomic E-state index is -1.46. The number of ketones is 1. The van der Waals surface area contributed by atoms with Crippen LogP contribution in [0.1, 0.15) is 49.9 Å². The van der Waals surface area contributed by atoms with Gasteiger partial charge in [-0.3, -0.25) is 14.5 Å². The molecule has 10 nitrogen and oxygen atoms in total. The highest BCUT2D eigenvalue weighted by Crippen LogP contribution is 2.81. The fraction of sp³-hybridized carbons (Fsp3) is 0.771. The molecule has 5 aliphatic carbocycles. The lowest BCUT2D eigenvalue weighted by Crippen LogP contribution is -2.77. The van der Waals surface area contributed by atoms with E-state index in [0.29, 0.717) is 30.8 Å². The molecule has 6 aliphatic rings. The second-order valence-electron chi connectivity index (χ2n) is 14.6. The molecule has 5 saturated carbocycles. The normalized spacial score (nSPS) is 47.4. The number of aliphatic hydroxyl groups is 1. The summed E-state index contributed by atoms with van der Waals surface area (Å²) in [5, 5.41) is 12.9. The van der Waals surface area contributed by atoms with Gasteiger partial charge in [0.2, 0.25) is 0 Å². The number of nitrogens with zero attached hydrogens (tertiary/aromatic N) is 1. The summed E-state index contributed by atoms with van der Waals surface area (Å²) in [4.78, 5) is 30.7. The van der Waals surface area contributed by atoms with Gasteiger partial charge >= 0.3 is 5.97 Å². The summed E-state index contributed by atoms with van der Waals surface area (Å²) in [6.07, 6.45) is 1.28. The average Bonchev–Trinajstić information content (AvgIpc) is 3.43. The van der Waals surface area contributed by atoms with Crippen LogP contribution in [-0.4, -0.2) is 113 Å². The maximum Gasteiger partial charge on any atom is 0.303 e. The van der Waals surface area contributed by atoms with Gasteiger partial charge in [-0.1, -0.05) is 6.92 Å². The van der Waals surface area contributed by atoms with E-state index in [1.54, 1.807) is 59.8 Å². The first-order valence-corrected chi connectivity index (χ1v) is 16.5. The van der Waals surface area contributed by atoms with E-state index < -0.39 is 40.5 Å². The van der Waals surface area contributed by atoms with E-state index in [1.807, 2.05) is 0 Å². The quantitative estimate of drug-likeness (QED) is 0.307. The number of esters is 1. The molecule has 45 heavy (non-hydrogen) atoms. The smallest absolute Gasteiger partial charge is 0.303 e. The fourth-order valence-electron chi connectivity index (χ4n) is 12.7. The minimum absolute atomic E-state index is 0.0227. The molecule has 0 aromatic heterocycles. The van der Waals surface area contributed by atoms with E-state index in [0.717, 1.165) is 25.9 Å². The van der Waals surface area contributed by atoms with Crippen molar-refractivity contribution in [2.24, 2.45) is 40.4 Å². The van der Waals surface area contributed by atoms with Crippen LogP contribution in [0.2, 0.25) is 0 Å². The largest absolute Gasteiger partial charge is 0.497 e. The van der Waals surface area contributed by atoms with Crippen molar-refractivity contribution >= 4 is 11.8 Å². The highest BCUT2D eigenvalue weighted by atomic mass is 16.6. The number of Topliss-reactive ketones (excluding diaryl/α,β-unsaturated/α-hetero) is 1. The number of hydrogen-bond donors (Lipinski definition) is 1. The monoisotopic (exact) mass is 627 g/mol. The molecule has 1 spiro atoms. The molecule has 3 unspecified atom stereocenters. The molecule has 1 N–H and O–H groups in total. The third-order valence-electron chi connectivity index (χ3n) is 13.5. The summed E-state index contributed by atoms with van der Waals surface area (Å²) in [5.74, 6) is -1.66. The Balaban J connectivity index is 1.52. The van der Waals surface area contributed by atoms with E-state index in [9.17, 15) is 14.7 Å². The van der Waals surface area contributed by atoms with E-state index in [-0.39, 0.29) is 47.2 Å². The van der Waals surface area contributed by atoms with Crippen LogP contribution in [-0.2, 0) is 28.5 Å². The Kier molecular flexibility index (Phi) is 7.51. The molecule has 1 heterocycles. The predicted molar refractivity (Wildman–Crippen MR) is 163 cm³/mol. The zero-order chi connectivity index (χ0) is 32.1. The van der Waals surface area contributed by atoms with Crippen molar-refractivity contribution in [1.29, 1.82) is 0 Å². The van der Waals surface area contributed by atoms with Crippen LogP contribution in [0.5, 0.6) is 5.75 Å². The number of likely N-dealkylation sites (tertiary alicyclic amines) is 1. The number of piperidine rings is 1. The van der Waals surface area contributed by atoms with Gasteiger partial charge in [0.05, 0.1) is 37.9 Å². The van der Waals surface area contributed by atoms with Crippen molar-refractivity contribution in [3.05, 3.63) is 29.8 Å². The molecule has 7 rings (SSSR count). The van der Waals surface area contributed by atoms with Gasteiger partial charge in [0.1, 0.15) is 17.0 Å². The molecule has 6 fully saturated rings. The van der Waals surface area contributed by atoms with Crippen LogP contribution < -0.4 is 4.74 Å². The number of rotatable bonds is 10. The molecule has 1 aliphatic heterocycles. The Morgan fingerprint density at radius 1 is 0.978 bits per heavy atom. The third kappa shape index (κ3) is 3.72. The standard InChI is InChI=1S/C35H49NO9/c1-8-36-17-32(18-40-3)14-13-23(42-5)35-22-15-33(39)24(43-6)16-34(45-19(2)37,27(31(35)36)29(44-7)30(32)35)25(22)26(33)28(38)20-9-11-21(41-4)12-10-20/h9-12,22-27,29-31,39H,8,13-18H2,1-7H3/t22-,23+,24+,25?,26+,27-,29+,30?,31?,32+,33-,34-,35+/m1/s1. The topological polar surface area (TPSA) is 113 Å². The summed E-state index contributed by atoms with van der Waals surface area (Å²) in [5.41, 5.74) is -2.76. The Morgan fingerprint density at radius 3 is 2.27 bits per heavy atom. The Hall–Kier alpha value is -2.08. The second-order valence-corrected chi connectivity index (χ2v) is 14.6. The van der Waals surface area contributed by atoms with E-state index >= 15 is 0 Å². The summed E-state index contributed by atoms with van der Waals surface area (Å²) in [6, 6.07) is 7.02. The van der Waals surface area contributed by atoms with Gasteiger partial charge in [0.15, 0.2) is 5.78 Å². The van der Waals surface area contributed by atoms with Gasteiger partial charge < -0.3 is 33.5 Å². The highest BCUT2D eigenvalue weighted by Gasteiger charge is 2.89. The zero-order valence-electron chi connectivity index (χ0n) is 27.6. The molecule has 0 amide bonds. The molecule has 7 bridgehead atoms. The van der Waals surface area contributed by atoms with E-state index in [1.165, 1.54) is 6.92 Å². The van der Waals surface area contributed by atoms with Crippen LogP contribution in [0.4, 0.5) is 0 Å². The van der Waals surface area contributed by atoms with Gasteiger partial charge in [0.25, 0.3) is 0 Å². The van der Waals surface area contributed by atoms with Crippen LogP contribution in [0.3, 0.4) is 0 Å². The Morgan fingerprint density at radius 2 is 1.69 bits per heavy atom. The fourth-order valence-corrected chi connectivity index (χ4v) is 12.7. The maximum absolute atomic E-state index is 14.8. The first kappa shape index (κ1) is 31.5. The van der Waals surface area contributed by atoms with E-state index in [4.69, 9.17) is 28.4 Å². The molecule has 1 aromatic rings. The first-order valence-electron chi connectivity index (χ1n) is 16.5. The number of benzene rings is 1. The summed E-state index contributed by atoms with van der Waals surface area (Å²) >= 11 is 0. The number of fused-ring (bicyclic) bond motifs is 2. The third-order valence-corrected chi connectivity index (χ3v) is 13.5. The number of ether oxygens (including phenoxy) is 6. The lowest BCUT2D eigenvalue weighted by Gasteiger charge is -2.69. The molecular formula is C35H49NO9. The van der Waals surface area contributed by atoms with Gasteiger partial charge in [-0.05, 0) is 56.0 Å². The number of methoxy groups -OCH3 is 5. The lowest BCUT2D eigenvalue weighted by atomic mass is 9.42. The van der Waals surface area contributed by atoms with Crippen LogP contribution in [0.15, 0.2) is 24.3 Å². The molecular weight excluding hydrogens is 578 g/mol. The van der Waals surface area contributed by atoms with Crippen molar-refractivity contribution in [3.63, 3.8) is 0 Å². The first-order chi connectivity index (χ1) is 21.6. The van der Waals surface area contributed by atoms with Gasteiger partial charge in [-0.25, -0.2) is 0 Å². The van der Waals surface area contributed by atoms with Crippen molar-refractivity contribution in [1.82, 2.24) is 4.90 Å². The van der Waals surface area contributed by atoms with Crippen molar-refractivity contribution < 1.29 is 43.1 Å². The Labute approximate surface area is 266 Å². The van der Waals surface area contributed by atoms with Gasteiger partial charge in [-0.2, -0.15) is 0 Å². The van der Waals surface area contributed by atoms with Gasteiger partial charge in [-0.15, -0.1) is 0 Å². The average molecular weight is 628 g/mol. The molecule has 0 radical (unpaired) electrons. The van der Waals surface area contributed by atoms with Crippen molar-refractivity contribution in [3.8, 4) is 5.75 Å². The number of hydrogen-bond acceptors (Lipinski definition) is 10. The summed E-state index contributed by atoms with van der Waals surface area (Å²) in [6.45, 7) is 5.86. The van der Waals surface area contributed by atoms with Crippen LogP contribution in [0, 0.1) is 40.4 Å². The van der Waals surface area contributed by atoms with Crippen molar-refractivity contribution in [2.75, 3.05) is 55.2 Å². The summed E-state index contributed by atoms with van der Waals surface area (Å²) < 4.78 is 37.3. The second kappa shape index (κ2) is 10.7. The number of carbonyl (C=O) groups is 2. The van der Waals surface area contributed by atoms with Gasteiger partial charge in [0, 0.05) is 88.5 Å². The Bertz CT molecular complexity index is 1340. The van der Waals surface area contributed by atoms with Crippen LogP contribution in [0.25, 0.3) is 0 Å². The molecule has 10 heteroatoms.